The third kappa shape index (κ3) is 4.86. The molecule has 0 saturated carbocycles. The van der Waals surface area contributed by atoms with Crippen molar-refractivity contribution in [2.24, 2.45) is 5.92 Å². The number of halogens is 1. The first kappa shape index (κ1) is 18.9. The second-order valence-electron chi connectivity index (χ2n) is 6.51. The fourth-order valence-corrected chi connectivity index (χ4v) is 3.23. The number of nitrogens with one attached hydrogen (secondary N) is 3. The van der Waals surface area contributed by atoms with Gasteiger partial charge in [0.25, 0.3) is 0 Å². The molecule has 1 unspecified atom stereocenters. The van der Waals surface area contributed by atoms with E-state index in [-0.39, 0.29) is 30.1 Å². The molecule has 0 bridgehead atoms. The first-order valence-electron chi connectivity index (χ1n) is 8.68. The zero-order valence-electron chi connectivity index (χ0n) is 14.8. The van der Waals surface area contributed by atoms with E-state index in [1.807, 2.05) is 24.3 Å². The van der Waals surface area contributed by atoms with Gasteiger partial charge in [0, 0.05) is 30.6 Å². The molecule has 140 valence electrons. The zero-order valence-corrected chi connectivity index (χ0v) is 15.6. The minimum atomic E-state index is -0.246. The Kier molecular flexibility index (Phi) is 5.76. The standard InChI is InChI=1S/C20H20ClN3O3/c1-12(25)22-18-11-15(7-8-16(18)21)23-19(26)9-6-14-10-13-4-2-3-5-17(13)24-20(14)27/h2-5,7-8,11,14H,6,9-10H2,1H3,(H,22,25)(H,23,26)(H,24,27). The van der Waals surface area contributed by atoms with E-state index >= 15 is 0 Å². The summed E-state index contributed by atoms with van der Waals surface area (Å²) in [6.07, 6.45) is 1.30. The van der Waals surface area contributed by atoms with Crippen molar-refractivity contribution in [3.63, 3.8) is 0 Å². The molecule has 2 aromatic carbocycles. The van der Waals surface area contributed by atoms with Crippen LogP contribution in [0.25, 0.3) is 0 Å². The number of anilines is 3. The van der Waals surface area contributed by atoms with Gasteiger partial charge in [-0.05, 0) is 42.7 Å². The van der Waals surface area contributed by atoms with E-state index in [1.54, 1.807) is 18.2 Å². The molecule has 0 fully saturated rings. The van der Waals surface area contributed by atoms with E-state index in [0.29, 0.717) is 29.2 Å². The number of carbonyl (C=O) groups excluding carboxylic acids is 3. The number of benzene rings is 2. The molecule has 0 aromatic heterocycles. The van der Waals surface area contributed by atoms with E-state index in [2.05, 4.69) is 16.0 Å². The van der Waals surface area contributed by atoms with Crippen LogP contribution in [0.5, 0.6) is 0 Å². The number of fused-ring (bicyclic) bond motifs is 1. The van der Waals surface area contributed by atoms with Gasteiger partial charge in [0.05, 0.1) is 10.7 Å². The Morgan fingerprint density at radius 3 is 2.74 bits per heavy atom. The Balaban J connectivity index is 1.57. The van der Waals surface area contributed by atoms with Gasteiger partial charge in [0.1, 0.15) is 0 Å². The normalized spacial score (nSPS) is 15.5. The molecule has 7 heteroatoms. The van der Waals surface area contributed by atoms with E-state index in [0.717, 1.165) is 11.3 Å². The zero-order chi connectivity index (χ0) is 19.4. The summed E-state index contributed by atoms with van der Waals surface area (Å²) in [6.45, 7) is 1.38. The number of hydrogen-bond donors (Lipinski definition) is 3. The molecular weight excluding hydrogens is 366 g/mol. The number of carbonyl (C=O) groups is 3. The summed E-state index contributed by atoms with van der Waals surface area (Å²) in [6, 6.07) is 12.6. The van der Waals surface area contributed by atoms with Crippen molar-refractivity contribution in [2.45, 2.75) is 26.2 Å². The van der Waals surface area contributed by atoms with Crippen molar-refractivity contribution in [2.75, 3.05) is 16.0 Å². The van der Waals surface area contributed by atoms with Crippen molar-refractivity contribution in [3.05, 3.63) is 53.1 Å². The number of hydrogen-bond acceptors (Lipinski definition) is 3. The van der Waals surface area contributed by atoms with Crippen molar-refractivity contribution >= 4 is 46.4 Å². The van der Waals surface area contributed by atoms with Crippen LogP contribution in [0.2, 0.25) is 5.02 Å². The molecule has 3 amide bonds. The van der Waals surface area contributed by atoms with E-state index in [4.69, 9.17) is 11.6 Å². The van der Waals surface area contributed by atoms with Gasteiger partial charge in [-0.15, -0.1) is 0 Å². The number of amides is 3. The molecular formula is C20H20ClN3O3. The van der Waals surface area contributed by atoms with Crippen molar-refractivity contribution < 1.29 is 14.4 Å². The molecule has 1 aliphatic rings. The topological polar surface area (TPSA) is 87.3 Å². The highest BCUT2D eigenvalue weighted by Crippen LogP contribution is 2.28. The summed E-state index contributed by atoms with van der Waals surface area (Å²) in [5.41, 5.74) is 2.90. The van der Waals surface area contributed by atoms with Crippen molar-refractivity contribution in [1.82, 2.24) is 0 Å². The second-order valence-corrected chi connectivity index (χ2v) is 6.92. The lowest BCUT2D eigenvalue weighted by molar-refractivity contribution is -0.121. The molecule has 6 nitrogen and oxygen atoms in total. The lowest BCUT2D eigenvalue weighted by Gasteiger charge is -2.24. The number of rotatable bonds is 5. The van der Waals surface area contributed by atoms with Crippen LogP contribution in [0.15, 0.2) is 42.5 Å². The van der Waals surface area contributed by atoms with Crippen LogP contribution >= 0.6 is 11.6 Å². The molecule has 3 rings (SSSR count). The van der Waals surface area contributed by atoms with Crippen LogP contribution < -0.4 is 16.0 Å². The van der Waals surface area contributed by atoms with Crippen LogP contribution in [0.4, 0.5) is 17.1 Å². The summed E-state index contributed by atoms with van der Waals surface area (Å²) >= 11 is 6.03. The highest BCUT2D eigenvalue weighted by Gasteiger charge is 2.26. The first-order chi connectivity index (χ1) is 12.9. The van der Waals surface area contributed by atoms with Crippen LogP contribution in [0.3, 0.4) is 0 Å². The molecule has 0 aliphatic carbocycles. The Labute approximate surface area is 162 Å². The Morgan fingerprint density at radius 1 is 1.19 bits per heavy atom. The summed E-state index contributed by atoms with van der Waals surface area (Å²) in [5, 5.41) is 8.67. The smallest absolute Gasteiger partial charge is 0.227 e. The van der Waals surface area contributed by atoms with Gasteiger partial charge in [-0.2, -0.15) is 0 Å². The molecule has 0 spiro atoms. The molecule has 3 N–H and O–H groups in total. The lowest BCUT2D eigenvalue weighted by Crippen LogP contribution is -2.30. The largest absolute Gasteiger partial charge is 0.326 e. The average Bonchev–Trinajstić information content (AvgIpc) is 2.62. The fourth-order valence-electron chi connectivity index (χ4n) is 3.06. The van der Waals surface area contributed by atoms with Gasteiger partial charge in [-0.1, -0.05) is 29.8 Å². The molecule has 0 saturated heterocycles. The van der Waals surface area contributed by atoms with E-state index < -0.39 is 0 Å². The average molecular weight is 386 g/mol. The van der Waals surface area contributed by atoms with Gasteiger partial charge in [0.15, 0.2) is 0 Å². The minimum Gasteiger partial charge on any atom is -0.326 e. The van der Waals surface area contributed by atoms with Gasteiger partial charge in [-0.3, -0.25) is 14.4 Å². The Bertz CT molecular complexity index is 898. The van der Waals surface area contributed by atoms with Crippen LogP contribution in [-0.4, -0.2) is 17.7 Å². The van der Waals surface area contributed by atoms with E-state index in [1.165, 1.54) is 6.92 Å². The maximum atomic E-state index is 12.3. The molecule has 1 heterocycles. The van der Waals surface area contributed by atoms with Crippen LogP contribution in [-0.2, 0) is 20.8 Å². The van der Waals surface area contributed by atoms with Crippen molar-refractivity contribution in [3.8, 4) is 0 Å². The third-order valence-corrected chi connectivity index (χ3v) is 4.72. The summed E-state index contributed by atoms with van der Waals surface area (Å²) in [5.74, 6) is -0.728. The summed E-state index contributed by atoms with van der Waals surface area (Å²) in [7, 11) is 0. The van der Waals surface area contributed by atoms with E-state index in [9.17, 15) is 14.4 Å². The summed E-state index contributed by atoms with van der Waals surface area (Å²) in [4.78, 5) is 35.7. The summed E-state index contributed by atoms with van der Waals surface area (Å²) < 4.78 is 0. The maximum Gasteiger partial charge on any atom is 0.227 e. The lowest BCUT2D eigenvalue weighted by atomic mass is 9.89. The molecule has 2 aromatic rings. The molecule has 27 heavy (non-hydrogen) atoms. The van der Waals surface area contributed by atoms with Gasteiger partial charge in [0.2, 0.25) is 17.7 Å². The SMILES string of the molecule is CC(=O)Nc1cc(NC(=O)CCC2Cc3ccccc3NC2=O)ccc1Cl. The van der Waals surface area contributed by atoms with Crippen LogP contribution in [0, 0.1) is 5.92 Å². The Hall–Kier alpha value is -2.86. The highest BCUT2D eigenvalue weighted by atomic mass is 35.5. The van der Waals surface area contributed by atoms with Gasteiger partial charge in [-0.25, -0.2) is 0 Å². The predicted molar refractivity (Wildman–Crippen MR) is 106 cm³/mol. The quantitative estimate of drug-likeness (QED) is 0.731. The second kappa shape index (κ2) is 8.22. The fraction of sp³-hybridized carbons (Fsp3) is 0.250. The van der Waals surface area contributed by atoms with Crippen LogP contribution in [0.1, 0.15) is 25.3 Å². The van der Waals surface area contributed by atoms with Gasteiger partial charge < -0.3 is 16.0 Å². The monoisotopic (exact) mass is 385 g/mol. The highest BCUT2D eigenvalue weighted by molar-refractivity contribution is 6.33. The molecule has 1 aliphatic heterocycles. The van der Waals surface area contributed by atoms with Gasteiger partial charge >= 0.3 is 0 Å². The maximum absolute atomic E-state index is 12.3. The minimum absolute atomic E-state index is 0.0547. The Morgan fingerprint density at radius 2 is 1.96 bits per heavy atom. The molecule has 0 radical (unpaired) electrons. The predicted octanol–water partition coefficient (Wildman–Crippen LogP) is 3.83. The number of para-hydroxylation sites is 1. The van der Waals surface area contributed by atoms with Crippen molar-refractivity contribution in [1.29, 1.82) is 0 Å². The third-order valence-electron chi connectivity index (χ3n) is 4.39. The first-order valence-corrected chi connectivity index (χ1v) is 9.06. The molecule has 1 atom stereocenters.